The number of nitrogens with one attached hydrogen (secondary N) is 1. The third-order valence-corrected chi connectivity index (χ3v) is 4.17. The lowest BCUT2D eigenvalue weighted by Crippen LogP contribution is -2.39. The van der Waals surface area contributed by atoms with Crippen molar-refractivity contribution in [2.45, 2.75) is 19.5 Å². The first kappa shape index (κ1) is 17.7. The van der Waals surface area contributed by atoms with Crippen LogP contribution < -0.4 is 5.32 Å². The molecule has 1 amide bonds. The summed E-state index contributed by atoms with van der Waals surface area (Å²) < 4.78 is 13.7. The Morgan fingerprint density at radius 3 is 2.65 bits per heavy atom. The number of hydrogen-bond acceptors (Lipinski definition) is 2. The molecule has 122 valence electrons. The summed E-state index contributed by atoms with van der Waals surface area (Å²) in [4.78, 5) is 14.1. The average Bonchev–Trinajstić information content (AvgIpc) is 2.52. The topological polar surface area (TPSA) is 32.3 Å². The van der Waals surface area contributed by atoms with Crippen LogP contribution in [0.15, 0.2) is 42.5 Å². The van der Waals surface area contributed by atoms with E-state index >= 15 is 0 Å². The number of rotatable bonds is 5. The van der Waals surface area contributed by atoms with E-state index in [0.717, 1.165) is 0 Å². The number of hydrogen-bond donors (Lipinski definition) is 1. The summed E-state index contributed by atoms with van der Waals surface area (Å²) in [5.41, 5.74) is 0.991. The van der Waals surface area contributed by atoms with E-state index in [4.69, 9.17) is 23.2 Å². The van der Waals surface area contributed by atoms with Crippen LogP contribution >= 0.6 is 23.2 Å². The lowest BCUT2D eigenvalue weighted by atomic mass is 10.1. The lowest BCUT2D eigenvalue weighted by Gasteiger charge is -2.24. The molecule has 0 heterocycles. The van der Waals surface area contributed by atoms with Crippen LogP contribution in [0, 0.1) is 5.82 Å². The second-order valence-corrected chi connectivity index (χ2v) is 6.14. The van der Waals surface area contributed by atoms with E-state index in [1.54, 1.807) is 55.3 Å². The van der Waals surface area contributed by atoms with E-state index < -0.39 is 6.04 Å². The molecular weight excluding hydrogens is 338 g/mol. The summed E-state index contributed by atoms with van der Waals surface area (Å²) in [6.07, 6.45) is 0. The van der Waals surface area contributed by atoms with Crippen molar-refractivity contribution in [2.75, 3.05) is 12.4 Å². The summed E-state index contributed by atoms with van der Waals surface area (Å²) in [6.45, 7) is 2.07. The first-order valence-corrected chi connectivity index (χ1v) is 7.83. The molecule has 0 fully saturated rings. The van der Waals surface area contributed by atoms with Gasteiger partial charge >= 0.3 is 0 Å². The number of likely N-dealkylation sites (N-methyl/N-ethyl adjacent to an activating group) is 1. The third kappa shape index (κ3) is 4.67. The van der Waals surface area contributed by atoms with Gasteiger partial charge in [0, 0.05) is 17.1 Å². The molecule has 0 spiro atoms. The minimum absolute atomic E-state index is 0.243. The van der Waals surface area contributed by atoms with Crippen LogP contribution in [0.1, 0.15) is 12.5 Å². The Morgan fingerprint density at radius 1 is 1.26 bits per heavy atom. The van der Waals surface area contributed by atoms with Gasteiger partial charge < -0.3 is 5.32 Å². The molecule has 1 atom stereocenters. The summed E-state index contributed by atoms with van der Waals surface area (Å²) in [7, 11) is 1.76. The quantitative estimate of drug-likeness (QED) is 0.851. The number of anilines is 1. The molecule has 23 heavy (non-hydrogen) atoms. The zero-order chi connectivity index (χ0) is 17.0. The number of amides is 1. The highest BCUT2D eigenvalue weighted by Gasteiger charge is 2.20. The molecule has 0 aliphatic carbocycles. The fraction of sp³-hybridized carbons (Fsp3) is 0.235. The molecule has 0 aromatic heterocycles. The minimum Gasteiger partial charge on any atom is -0.323 e. The Hall–Kier alpha value is -1.62. The van der Waals surface area contributed by atoms with Gasteiger partial charge in [0.15, 0.2) is 0 Å². The summed E-state index contributed by atoms with van der Waals surface area (Å²) in [6, 6.07) is 10.9. The van der Waals surface area contributed by atoms with E-state index in [0.29, 0.717) is 27.8 Å². The average molecular weight is 355 g/mol. The van der Waals surface area contributed by atoms with Gasteiger partial charge in [0.25, 0.3) is 0 Å². The molecule has 0 saturated heterocycles. The zero-order valence-corrected chi connectivity index (χ0v) is 14.3. The third-order valence-electron chi connectivity index (χ3n) is 3.60. The van der Waals surface area contributed by atoms with Crippen molar-refractivity contribution in [3.05, 3.63) is 63.9 Å². The normalized spacial score (nSPS) is 12.3. The van der Waals surface area contributed by atoms with Crippen molar-refractivity contribution < 1.29 is 9.18 Å². The van der Waals surface area contributed by atoms with Crippen molar-refractivity contribution >= 4 is 34.8 Å². The zero-order valence-electron chi connectivity index (χ0n) is 12.8. The molecule has 0 radical (unpaired) electrons. The van der Waals surface area contributed by atoms with E-state index in [-0.39, 0.29) is 11.7 Å². The Morgan fingerprint density at radius 2 is 1.96 bits per heavy atom. The maximum absolute atomic E-state index is 13.7. The number of benzene rings is 2. The monoisotopic (exact) mass is 354 g/mol. The predicted octanol–water partition coefficient (Wildman–Crippen LogP) is 4.59. The highest BCUT2D eigenvalue weighted by molar-refractivity contribution is 6.35. The van der Waals surface area contributed by atoms with Crippen molar-refractivity contribution in [1.29, 1.82) is 0 Å². The van der Waals surface area contributed by atoms with Gasteiger partial charge in [-0.25, -0.2) is 4.39 Å². The van der Waals surface area contributed by atoms with Crippen molar-refractivity contribution in [1.82, 2.24) is 4.90 Å². The Balaban J connectivity index is 2.04. The van der Waals surface area contributed by atoms with Crippen LogP contribution in [-0.2, 0) is 11.3 Å². The minimum atomic E-state index is -0.468. The van der Waals surface area contributed by atoms with Crippen LogP contribution in [0.25, 0.3) is 0 Å². The van der Waals surface area contributed by atoms with Gasteiger partial charge in [-0.1, -0.05) is 41.4 Å². The van der Waals surface area contributed by atoms with Crippen molar-refractivity contribution in [3.63, 3.8) is 0 Å². The molecule has 0 aliphatic rings. The summed E-state index contributed by atoms with van der Waals surface area (Å²) in [5.74, 6) is -0.530. The van der Waals surface area contributed by atoms with Crippen molar-refractivity contribution in [3.8, 4) is 0 Å². The van der Waals surface area contributed by atoms with Gasteiger partial charge in [0.1, 0.15) is 5.82 Å². The summed E-state index contributed by atoms with van der Waals surface area (Å²) in [5, 5.41) is 3.63. The second-order valence-electron chi connectivity index (χ2n) is 5.30. The van der Waals surface area contributed by atoms with E-state index in [1.807, 2.05) is 0 Å². The molecule has 0 aliphatic heterocycles. The number of carbonyl (C=O) groups is 1. The van der Waals surface area contributed by atoms with Gasteiger partial charge in [-0.2, -0.15) is 0 Å². The van der Waals surface area contributed by atoms with E-state index in [9.17, 15) is 9.18 Å². The molecular formula is C17H17Cl2FN2O. The van der Waals surface area contributed by atoms with Crippen LogP contribution in [-0.4, -0.2) is 23.9 Å². The smallest absolute Gasteiger partial charge is 0.241 e. The Kier molecular flexibility index (Phi) is 5.99. The fourth-order valence-corrected chi connectivity index (χ4v) is 2.40. The predicted molar refractivity (Wildman–Crippen MR) is 92.4 cm³/mol. The second kappa shape index (κ2) is 7.77. The van der Waals surface area contributed by atoms with Crippen LogP contribution in [0.3, 0.4) is 0 Å². The highest BCUT2D eigenvalue weighted by atomic mass is 35.5. The van der Waals surface area contributed by atoms with Gasteiger partial charge in [-0.3, -0.25) is 9.69 Å². The molecule has 0 bridgehead atoms. The molecule has 2 aromatic rings. The molecule has 6 heteroatoms. The maximum Gasteiger partial charge on any atom is 0.241 e. The standard InChI is InChI=1S/C17H17Cl2FN2O/c1-11(22(2)10-12-5-3-4-6-15(12)20)17(23)21-16-9-13(18)7-8-14(16)19/h3-9,11H,10H2,1-2H3,(H,21,23)/t11-/m0/s1. The van der Waals surface area contributed by atoms with Gasteiger partial charge in [0.05, 0.1) is 16.8 Å². The molecule has 2 aromatic carbocycles. The van der Waals surface area contributed by atoms with E-state index in [2.05, 4.69) is 5.32 Å². The molecule has 0 unspecified atom stereocenters. The molecule has 2 rings (SSSR count). The Labute approximate surface area is 145 Å². The fourth-order valence-electron chi connectivity index (χ4n) is 2.06. The lowest BCUT2D eigenvalue weighted by molar-refractivity contribution is -0.120. The molecule has 1 N–H and O–H groups in total. The first-order chi connectivity index (χ1) is 10.9. The molecule has 3 nitrogen and oxygen atoms in total. The van der Waals surface area contributed by atoms with Crippen molar-refractivity contribution in [2.24, 2.45) is 0 Å². The molecule has 0 saturated carbocycles. The van der Waals surface area contributed by atoms with Crippen LogP contribution in [0.4, 0.5) is 10.1 Å². The number of nitrogens with zero attached hydrogens (tertiary/aromatic N) is 1. The van der Waals surface area contributed by atoms with E-state index in [1.165, 1.54) is 6.07 Å². The number of carbonyl (C=O) groups excluding carboxylic acids is 1. The van der Waals surface area contributed by atoms with Gasteiger partial charge in [-0.05, 0) is 38.2 Å². The van der Waals surface area contributed by atoms with Crippen LogP contribution in [0.2, 0.25) is 10.0 Å². The largest absolute Gasteiger partial charge is 0.323 e. The SMILES string of the molecule is C[C@@H](C(=O)Nc1cc(Cl)ccc1Cl)N(C)Cc1ccccc1F. The van der Waals surface area contributed by atoms with Gasteiger partial charge in [0.2, 0.25) is 5.91 Å². The summed E-state index contributed by atoms with van der Waals surface area (Å²) >= 11 is 11.9. The maximum atomic E-state index is 13.7. The number of halogens is 3. The Bertz CT molecular complexity index is 709. The van der Waals surface area contributed by atoms with Crippen LogP contribution in [0.5, 0.6) is 0 Å². The highest BCUT2D eigenvalue weighted by Crippen LogP contribution is 2.25. The van der Waals surface area contributed by atoms with Gasteiger partial charge in [-0.15, -0.1) is 0 Å². The first-order valence-electron chi connectivity index (χ1n) is 7.08.